The maximum Gasteiger partial charge on any atom is 0.195 e. The van der Waals surface area contributed by atoms with Crippen LogP contribution in [-0.4, -0.2) is 52.7 Å². The number of hydrogen-bond donors (Lipinski definition) is 2. The number of aliphatic imine (C=N–C) groups is 1. The van der Waals surface area contributed by atoms with Gasteiger partial charge in [-0.1, -0.05) is 12.1 Å². The maximum absolute atomic E-state index is 13.4. The summed E-state index contributed by atoms with van der Waals surface area (Å²) in [5.41, 5.74) is 1.64. The Hall–Kier alpha value is -2.81. The predicted octanol–water partition coefficient (Wildman–Crippen LogP) is 3.02. The van der Waals surface area contributed by atoms with Gasteiger partial charge in [-0.2, -0.15) is 0 Å². The van der Waals surface area contributed by atoms with Crippen LogP contribution in [0.15, 0.2) is 47.5 Å². The molecule has 1 aliphatic rings. The molecule has 0 saturated carbocycles. The Balaban J connectivity index is 1.65. The lowest BCUT2D eigenvalue weighted by Gasteiger charge is -2.15. The fourth-order valence-electron chi connectivity index (χ4n) is 3.05. The minimum atomic E-state index is -3.03. The minimum absolute atomic E-state index is 0.0805. The molecular formula is C22H28FN3O4S. The number of nitrogens with one attached hydrogen (secondary N) is 2. The number of anilines is 1. The SMILES string of the molecule is CS(=O)(=O)CCCN=C(NCCc1cccc(F)c1)Nc1ccc2c(c1)OCCCO2. The quantitative estimate of drug-likeness (QED) is 0.366. The summed E-state index contributed by atoms with van der Waals surface area (Å²) in [4.78, 5) is 4.49. The van der Waals surface area contributed by atoms with E-state index in [2.05, 4.69) is 15.6 Å². The summed E-state index contributed by atoms with van der Waals surface area (Å²) in [6, 6.07) is 12.0. The lowest BCUT2D eigenvalue weighted by molar-refractivity contribution is 0.297. The standard InChI is InChI=1S/C22H28FN3O4S/c1-31(27,28)14-3-10-24-22(25-11-9-17-5-2-6-18(23)15-17)26-19-7-8-20-21(16-19)30-13-4-12-29-20/h2,5-8,15-16H,3-4,9-14H2,1H3,(H2,24,25,26). The van der Waals surface area contributed by atoms with Crippen molar-refractivity contribution in [2.75, 3.05) is 43.6 Å². The molecule has 3 rings (SSSR count). The molecule has 1 heterocycles. The van der Waals surface area contributed by atoms with Gasteiger partial charge < -0.3 is 20.1 Å². The smallest absolute Gasteiger partial charge is 0.195 e. The monoisotopic (exact) mass is 449 g/mol. The van der Waals surface area contributed by atoms with Crippen molar-refractivity contribution in [1.29, 1.82) is 0 Å². The molecular weight excluding hydrogens is 421 g/mol. The second kappa shape index (κ2) is 11.0. The highest BCUT2D eigenvalue weighted by molar-refractivity contribution is 7.90. The van der Waals surface area contributed by atoms with Gasteiger partial charge in [-0.3, -0.25) is 4.99 Å². The van der Waals surface area contributed by atoms with Crippen LogP contribution < -0.4 is 20.1 Å². The number of fused-ring (bicyclic) bond motifs is 1. The summed E-state index contributed by atoms with van der Waals surface area (Å²) < 4.78 is 47.5. The van der Waals surface area contributed by atoms with Gasteiger partial charge in [0, 0.05) is 37.5 Å². The normalized spacial score (nSPS) is 14.1. The lowest BCUT2D eigenvalue weighted by Crippen LogP contribution is -2.32. The summed E-state index contributed by atoms with van der Waals surface area (Å²) in [5.74, 6) is 1.70. The molecule has 7 nitrogen and oxygen atoms in total. The molecule has 2 N–H and O–H groups in total. The van der Waals surface area contributed by atoms with Gasteiger partial charge in [-0.05, 0) is 42.7 Å². The van der Waals surface area contributed by atoms with Crippen molar-refractivity contribution in [2.45, 2.75) is 19.3 Å². The molecule has 0 atom stereocenters. The Labute approximate surface area is 182 Å². The number of guanidine groups is 1. The van der Waals surface area contributed by atoms with Crippen LogP contribution in [0.3, 0.4) is 0 Å². The fourth-order valence-corrected chi connectivity index (χ4v) is 3.71. The van der Waals surface area contributed by atoms with Crippen molar-refractivity contribution in [1.82, 2.24) is 5.32 Å². The van der Waals surface area contributed by atoms with E-state index in [0.717, 1.165) is 17.7 Å². The number of hydrogen-bond acceptors (Lipinski definition) is 5. The van der Waals surface area contributed by atoms with Crippen LogP contribution in [0.1, 0.15) is 18.4 Å². The van der Waals surface area contributed by atoms with Crippen LogP contribution in [-0.2, 0) is 16.3 Å². The van der Waals surface area contributed by atoms with E-state index in [1.807, 2.05) is 24.3 Å². The van der Waals surface area contributed by atoms with Crippen molar-refractivity contribution < 1.29 is 22.3 Å². The maximum atomic E-state index is 13.4. The first kappa shape index (κ1) is 22.9. The van der Waals surface area contributed by atoms with E-state index in [4.69, 9.17) is 9.47 Å². The highest BCUT2D eigenvalue weighted by Crippen LogP contribution is 2.32. The minimum Gasteiger partial charge on any atom is -0.490 e. The van der Waals surface area contributed by atoms with Crippen molar-refractivity contribution in [3.05, 3.63) is 53.8 Å². The lowest BCUT2D eigenvalue weighted by atomic mass is 10.1. The average Bonchev–Trinajstić information content (AvgIpc) is 2.95. The molecule has 0 unspecified atom stereocenters. The number of benzene rings is 2. The van der Waals surface area contributed by atoms with E-state index in [0.29, 0.717) is 56.6 Å². The van der Waals surface area contributed by atoms with E-state index in [9.17, 15) is 12.8 Å². The van der Waals surface area contributed by atoms with Gasteiger partial charge in [-0.25, -0.2) is 12.8 Å². The topological polar surface area (TPSA) is 89.0 Å². The van der Waals surface area contributed by atoms with Crippen LogP contribution in [0.4, 0.5) is 10.1 Å². The Morgan fingerprint density at radius 1 is 1.13 bits per heavy atom. The summed E-state index contributed by atoms with van der Waals surface area (Å²) in [6.45, 7) is 2.10. The number of ether oxygens (including phenoxy) is 2. The van der Waals surface area contributed by atoms with Crippen LogP contribution in [0.2, 0.25) is 0 Å². The molecule has 31 heavy (non-hydrogen) atoms. The first-order valence-corrected chi connectivity index (χ1v) is 12.3. The van der Waals surface area contributed by atoms with Crippen molar-refractivity contribution in [2.24, 2.45) is 4.99 Å². The molecule has 0 radical (unpaired) electrons. The Morgan fingerprint density at radius 2 is 1.94 bits per heavy atom. The fraction of sp³-hybridized carbons (Fsp3) is 0.409. The average molecular weight is 450 g/mol. The number of nitrogens with zero attached hydrogens (tertiary/aromatic N) is 1. The van der Waals surface area contributed by atoms with Crippen LogP contribution >= 0.6 is 0 Å². The third-order valence-electron chi connectivity index (χ3n) is 4.55. The van der Waals surface area contributed by atoms with E-state index >= 15 is 0 Å². The van der Waals surface area contributed by atoms with Crippen molar-refractivity contribution >= 4 is 21.5 Å². The summed E-state index contributed by atoms with van der Waals surface area (Å²) in [6.07, 6.45) is 3.08. The van der Waals surface area contributed by atoms with Gasteiger partial charge in [0.1, 0.15) is 15.7 Å². The Morgan fingerprint density at radius 3 is 2.71 bits per heavy atom. The second-order valence-corrected chi connectivity index (χ2v) is 9.62. The number of rotatable bonds is 8. The van der Waals surface area contributed by atoms with Gasteiger partial charge >= 0.3 is 0 Å². The third kappa shape index (κ3) is 8.09. The molecule has 0 saturated heterocycles. The molecule has 2 aromatic rings. The first-order chi connectivity index (χ1) is 14.9. The molecule has 0 aliphatic carbocycles. The van der Waals surface area contributed by atoms with Gasteiger partial charge in [0.25, 0.3) is 0 Å². The first-order valence-electron chi connectivity index (χ1n) is 10.3. The second-order valence-electron chi connectivity index (χ2n) is 7.36. The Bertz CT molecular complexity index is 1010. The molecule has 0 amide bonds. The zero-order valence-corrected chi connectivity index (χ0v) is 18.4. The van der Waals surface area contributed by atoms with Gasteiger partial charge in [0.15, 0.2) is 17.5 Å². The number of halogens is 1. The van der Waals surface area contributed by atoms with Gasteiger partial charge in [0.2, 0.25) is 0 Å². The zero-order valence-electron chi connectivity index (χ0n) is 17.6. The molecule has 0 fully saturated rings. The van der Waals surface area contributed by atoms with Gasteiger partial charge in [-0.15, -0.1) is 0 Å². The van der Waals surface area contributed by atoms with E-state index in [-0.39, 0.29) is 11.6 Å². The molecule has 0 aromatic heterocycles. The largest absolute Gasteiger partial charge is 0.490 e. The van der Waals surface area contributed by atoms with Crippen LogP contribution in [0.5, 0.6) is 11.5 Å². The Kier molecular flexibility index (Phi) is 8.11. The third-order valence-corrected chi connectivity index (χ3v) is 5.58. The highest BCUT2D eigenvalue weighted by Gasteiger charge is 2.11. The van der Waals surface area contributed by atoms with Crippen LogP contribution in [0.25, 0.3) is 0 Å². The summed E-state index contributed by atoms with van der Waals surface area (Å²) in [7, 11) is -3.03. The molecule has 0 bridgehead atoms. The molecule has 2 aromatic carbocycles. The molecule has 168 valence electrons. The molecule has 9 heteroatoms. The van der Waals surface area contributed by atoms with E-state index in [1.165, 1.54) is 18.4 Å². The predicted molar refractivity (Wildman–Crippen MR) is 120 cm³/mol. The highest BCUT2D eigenvalue weighted by atomic mass is 32.2. The molecule has 1 aliphatic heterocycles. The zero-order chi connectivity index (χ0) is 22.1. The summed E-state index contributed by atoms with van der Waals surface area (Å²) >= 11 is 0. The number of sulfone groups is 1. The van der Waals surface area contributed by atoms with E-state index < -0.39 is 9.84 Å². The van der Waals surface area contributed by atoms with Crippen molar-refractivity contribution in [3.8, 4) is 11.5 Å². The summed E-state index contributed by atoms with van der Waals surface area (Å²) in [5, 5.41) is 6.45. The van der Waals surface area contributed by atoms with E-state index in [1.54, 1.807) is 6.07 Å². The van der Waals surface area contributed by atoms with Gasteiger partial charge in [0.05, 0.1) is 19.0 Å². The van der Waals surface area contributed by atoms with Crippen molar-refractivity contribution in [3.63, 3.8) is 0 Å². The molecule has 0 spiro atoms. The van der Waals surface area contributed by atoms with Crippen LogP contribution in [0, 0.1) is 5.82 Å².